The molecule has 2 aliphatic rings. The third kappa shape index (κ3) is 4.35. The average molecular weight is 270 g/mol. The molecule has 2 fully saturated rings. The summed E-state index contributed by atoms with van der Waals surface area (Å²) in [6.07, 6.45) is 7.36. The molecule has 110 valence electrons. The van der Waals surface area contributed by atoms with Crippen molar-refractivity contribution in [3.63, 3.8) is 0 Å². The predicted octanol–water partition coefficient (Wildman–Crippen LogP) is 1.41. The van der Waals surface area contributed by atoms with Gasteiger partial charge in [-0.15, -0.1) is 0 Å². The first-order chi connectivity index (χ1) is 9.24. The first-order valence-corrected chi connectivity index (χ1v) is 7.47. The van der Waals surface area contributed by atoms with E-state index in [-0.39, 0.29) is 24.1 Å². The van der Waals surface area contributed by atoms with Crippen LogP contribution in [-0.4, -0.2) is 43.5 Å². The molecule has 0 bridgehead atoms. The van der Waals surface area contributed by atoms with Crippen molar-refractivity contribution in [2.45, 2.75) is 51.0 Å². The highest BCUT2D eigenvalue weighted by atomic mass is 16.5. The van der Waals surface area contributed by atoms with Crippen LogP contribution in [0.15, 0.2) is 0 Å². The van der Waals surface area contributed by atoms with Crippen molar-refractivity contribution in [2.75, 3.05) is 26.4 Å². The van der Waals surface area contributed by atoms with Gasteiger partial charge >= 0.3 is 6.03 Å². The van der Waals surface area contributed by atoms with Crippen LogP contribution in [0.2, 0.25) is 0 Å². The van der Waals surface area contributed by atoms with E-state index in [0.717, 1.165) is 51.7 Å². The third-order valence-corrected chi connectivity index (χ3v) is 4.43. The number of rotatable bonds is 4. The molecule has 1 saturated heterocycles. The second kappa shape index (κ2) is 7.10. The van der Waals surface area contributed by atoms with Crippen molar-refractivity contribution < 1.29 is 14.6 Å². The van der Waals surface area contributed by atoms with E-state index >= 15 is 0 Å². The molecule has 0 atom stereocenters. The van der Waals surface area contributed by atoms with Gasteiger partial charge in [0.1, 0.15) is 0 Å². The summed E-state index contributed by atoms with van der Waals surface area (Å²) in [5, 5.41) is 15.5. The first kappa shape index (κ1) is 14.6. The molecule has 5 heteroatoms. The number of aliphatic hydroxyl groups is 1. The molecule has 2 amide bonds. The number of carbonyl (C=O) groups excluding carboxylic acids is 1. The lowest BCUT2D eigenvalue weighted by Crippen LogP contribution is -2.48. The lowest BCUT2D eigenvalue weighted by molar-refractivity contribution is 0.0762. The maximum Gasteiger partial charge on any atom is 0.315 e. The van der Waals surface area contributed by atoms with Gasteiger partial charge in [0.25, 0.3) is 0 Å². The zero-order valence-corrected chi connectivity index (χ0v) is 11.6. The van der Waals surface area contributed by atoms with E-state index in [1.54, 1.807) is 0 Å². The number of ether oxygens (including phenoxy) is 1. The van der Waals surface area contributed by atoms with Crippen molar-refractivity contribution >= 4 is 6.03 Å². The van der Waals surface area contributed by atoms with E-state index in [2.05, 4.69) is 10.6 Å². The maximum absolute atomic E-state index is 11.9. The lowest BCUT2D eigenvalue weighted by atomic mass is 9.74. The molecule has 0 spiro atoms. The van der Waals surface area contributed by atoms with Gasteiger partial charge in [-0.2, -0.15) is 0 Å². The Kier molecular flexibility index (Phi) is 5.45. The van der Waals surface area contributed by atoms with Gasteiger partial charge in [-0.05, 0) is 25.7 Å². The van der Waals surface area contributed by atoms with Gasteiger partial charge in [0.15, 0.2) is 0 Å². The molecule has 0 aromatic heterocycles. The van der Waals surface area contributed by atoms with E-state index in [9.17, 15) is 9.90 Å². The van der Waals surface area contributed by atoms with Crippen LogP contribution in [0.4, 0.5) is 4.79 Å². The van der Waals surface area contributed by atoms with E-state index in [1.165, 1.54) is 6.42 Å². The van der Waals surface area contributed by atoms with Crippen molar-refractivity contribution in [1.82, 2.24) is 10.6 Å². The Morgan fingerprint density at radius 1 is 1.21 bits per heavy atom. The van der Waals surface area contributed by atoms with Crippen LogP contribution in [0.3, 0.4) is 0 Å². The second-order valence-electron chi connectivity index (χ2n) is 5.93. The topological polar surface area (TPSA) is 70.6 Å². The minimum Gasteiger partial charge on any atom is -0.396 e. The normalized spacial score (nSPS) is 23.8. The Balaban J connectivity index is 1.72. The fourth-order valence-electron chi connectivity index (χ4n) is 3.04. The van der Waals surface area contributed by atoms with Gasteiger partial charge in [-0.25, -0.2) is 4.79 Å². The highest BCUT2D eigenvalue weighted by Crippen LogP contribution is 2.35. The van der Waals surface area contributed by atoms with Gasteiger partial charge < -0.3 is 20.5 Å². The van der Waals surface area contributed by atoms with Gasteiger partial charge in [-0.3, -0.25) is 0 Å². The Hall–Kier alpha value is -0.810. The molecule has 1 aliphatic heterocycles. The molecule has 0 aromatic carbocycles. The molecule has 0 radical (unpaired) electrons. The molecule has 1 aliphatic carbocycles. The van der Waals surface area contributed by atoms with Gasteiger partial charge in [0.05, 0.1) is 6.61 Å². The molecule has 0 aromatic rings. The Morgan fingerprint density at radius 2 is 1.89 bits per heavy atom. The number of hydrogen-bond acceptors (Lipinski definition) is 3. The third-order valence-electron chi connectivity index (χ3n) is 4.43. The Morgan fingerprint density at radius 3 is 2.53 bits per heavy atom. The van der Waals surface area contributed by atoms with Crippen molar-refractivity contribution in [3.8, 4) is 0 Å². The molecule has 1 heterocycles. The number of aliphatic hydroxyl groups excluding tert-OH is 1. The summed E-state index contributed by atoms with van der Waals surface area (Å²) in [7, 11) is 0. The van der Waals surface area contributed by atoms with Crippen LogP contribution < -0.4 is 10.6 Å². The smallest absolute Gasteiger partial charge is 0.315 e. The van der Waals surface area contributed by atoms with Crippen molar-refractivity contribution in [3.05, 3.63) is 0 Å². The molecule has 0 unspecified atom stereocenters. The molecular weight excluding hydrogens is 244 g/mol. The standard InChI is InChI=1S/C14H26N2O3/c17-11-14(6-2-1-3-7-14)10-15-13(18)16-12-4-8-19-9-5-12/h12,17H,1-11H2,(H2,15,16,18). The van der Waals surface area contributed by atoms with Crippen LogP contribution in [0.1, 0.15) is 44.9 Å². The van der Waals surface area contributed by atoms with E-state index in [0.29, 0.717) is 6.54 Å². The van der Waals surface area contributed by atoms with Gasteiger partial charge in [-0.1, -0.05) is 19.3 Å². The highest BCUT2D eigenvalue weighted by molar-refractivity contribution is 5.74. The fourth-order valence-corrected chi connectivity index (χ4v) is 3.04. The summed E-state index contributed by atoms with van der Waals surface area (Å²) in [5.74, 6) is 0. The molecule has 19 heavy (non-hydrogen) atoms. The van der Waals surface area contributed by atoms with Crippen LogP contribution in [0.5, 0.6) is 0 Å². The zero-order valence-electron chi connectivity index (χ0n) is 11.6. The zero-order chi connectivity index (χ0) is 13.6. The summed E-state index contributed by atoms with van der Waals surface area (Å²) < 4.78 is 5.27. The van der Waals surface area contributed by atoms with Crippen LogP contribution in [0, 0.1) is 5.41 Å². The first-order valence-electron chi connectivity index (χ1n) is 7.47. The number of amides is 2. The predicted molar refractivity (Wildman–Crippen MR) is 73.0 cm³/mol. The summed E-state index contributed by atoms with van der Waals surface area (Å²) in [6, 6.07) is 0.121. The van der Waals surface area contributed by atoms with Crippen LogP contribution in [-0.2, 0) is 4.74 Å². The maximum atomic E-state index is 11.9. The lowest BCUT2D eigenvalue weighted by Gasteiger charge is -2.36. The van der Waals surface area contributed by atoms with Crippen molar-refractivity contribution in [2.24, 2.45) is 5.41 Å². The quantitative estimate of drug-likeness (QED) is 0.723. The minimum absolute atomic E-state index is 0.0920. The largest absolute Gasteiger partial charge is 0.396 e. The number of hydrogen-bond donors (Lipinski definition) is 3. The molecule has 5 nitrogen and oxygen atoms in total. The Labute approximate surface area is 115 Å². The minimum atomic E-state index is -0.106. The highest BCUT2D eigenvalue weighted by Gasteiger charge is 2.31. The van der Waals surface area contributed by atoms with Gasteiger partial charge in [0, 0.05) is 31.2 Å². The fraction of sp³-hybridized carbons (Fsp3) is 0.929. The molecule has 3 N–H and O–H groups in total. The molecule has 1 saturated carbocycles. The van der Waals surface area contributed by atoms with E-state index in [4.69, 9.17) is 4.74 Å². The second-order valence-corrected chi connectivity index (χ2v) is 5.93. The summed E-state index contributed by atoms with van der Waals surface area (Å²) >= 11 is 0. The van der Waals surface area contributed by atoms with E-state index < -0.39 is 0 Å². The molecule has 2 rings (SSSR count). The summed E-state index contributed by atoms with van der Waals surface area (Å²) in [4.78, 5) is 11.9. The van der Waals surface area contributed by atoms with Crippen molar-refractivity contribution in [1.29, 1.82) is 0 Å². The number of nitrogens with one attached hydrogen (secondary N) is 2. The van der Waals surface area contributed by atoms with Crippen LogP contribution >= 0.6 is 0 Å². The summed E-state index contributed by atoms with van der Waals surface area (Å²) in [5.41, 5.74) is -0.0920. The van der Waals surface area contributed by atoms with Crippen LogP contribution in [0.25, 0.3) is 0 Å². The average Bonchev–Trinajstić information content (AvgIpc) is 2.47. The monoisotopic (exact) mass is 270 g/mol. The number of urea groups is 1. The van der Waals surface area contributed by atoms with Gasteiger partial charge in [0.2, 0.25) is 0 Å². The van der Waals surface area contributed by atoms with E-state index in [1.807, 2.05) is 0 Å². The summed E-state index contributed by atoms with van der Waals surface area (Å²) in [6.45, 7) is 2.21. The number of carbonyl (C=O) groups is 1. The molecular formula is C14H26N2O3. The Bertz CT molecular complexity index is 284. The SMILES string of the molecule is O=C(NCC1(CO)CCCCC1)NC1CCOCC1.